The molecule has 36 heavy (non-hydrogen) atoms. The number of carboxylic acids is 1. The molecule has 3 atom stereocenters. The maximum atomic E-state index is 12.7. The molecule has 2 aromatic heterocycles. The molecule has 3 N–H and O–H groups in total. The number of nitrogens with one attached hydrogen (secondary N) is 1. The molecule has 0 bridgehead atoms. The summed E-state index contributed by atoms with van der Waals surface area (Å²) in [4.78, 5) is 53.4. The average Bonchev–Trinajstić information content (AvgIpc) is 3.46. The van der Waals surface area contributed by atoms with E-state index in [9.17, 15) is 34.7 Å². The minimum absolute atomic E-state index is 0.124. The van der Waals surface area contributed by atoms with E-state index < -0.39 is 34.3 Å². The van der Waals surface area contributed by atoms with Crippen LogP contribution in [-0.4, -0.2) is 83.9 Å². The summed E-state index contributed by atoms with van der Waals surface area (Å²) in [7, 11) is 0. The van der Waals surface area contributed by atoms with Crippen LogP contribution in [0.2, 0.25) is 0 Å². The number of aliphatic carboxylic acids is 1. The molecule has 0 aliphatic carbocycles. The first-order valence-electron chi connectivity index (χ1n) is 10.8. The van der Waals surface area contributed by atoms with Gasteiger partial charge in [0.1, 0.15) is 36.0 Å². The molecule has 4 rings (SSSR count). The summed E-state index contributed by atoms with van der Waals surface area (Å²) in [5, 5.41) is 35.1. The Bertz CT molecular complexity index is 1210. The summed E-state index contributed by atoms with van der Waals surface area (Å²) in [6.45, 7) is 1.08. The smallest absolute Gasteiger partial charge is 0.352 e. The molecule has 15 heteroatoms. The van der Waals surface area contributed by atoms with Gasteiger partial charge in [0.05, 0.1) is 19.6 Å². The number of nitrogens with zero attached hydrogens (tertiary/aromatic N) is 4. The minimum Gasteiger partial charge on any atom is -0.477 e. The lowest BCUT2D eigenvalue weighted by molar-refractivity contribution is -0.392. The summed E-state index contributed by atoms with van der Waals surface area (Å²) in [6, 6.07) is 2.84. The predicted octanol–water partition coefficient (Wildman–Crippen LogP) is 0.520. The molecule has 0 spiro atoms. The first-order valence-corrected chi connectivity index (χ1v) is 12.7. The first kappa shape index (κ1) is 25.8. The lowest BCUT2D eigenvalue weighted by atomic mass is 10.0. The van der Waals surface area contributed by atoms with E-state index in [0.29, 0.717) is 11.4 Å². The van der Waals surface area contributed by atoms with Crippen LogP contribution >= 0.6 is 23.1 Å². The molecule has 1 fully saturated rings. The molecule has 4 heterocycles. The molecule has 0 aromatic carbocycles. The molecule has 1 saturated heterocycles. The lowest BCUT2D eigenvalue weighted by Crippen LogP contribution is -2.70. The van der Waals surface area contributed by atoms with Crippen LogP contribution in [0.3, 0.4) is 0 Å². The van der Waals surface area contributed by atoms with Gasteiger partial charge >= 0.3 is 11.8 Å². The van der Waals surface area contributed by atoms with Crippen LogP contribution in [0.1, 0.15) is 10.7 Å². The summed E-state index contributed by atoms with van der Waals surface area (Å²) < 4.78 is 6.76. The fourth-order valence-electron chi connectivity index (χ4n) is 4.00. The Morgan fingerprint density at radius 1 is 1.44 bits per heavy atom. The largest absolute Gasteiger partial charge is 0.477 e. The molecule has 2 aromatic rings. The van der Waals surface area contributed by atoms with E-state index in [4.69, 9.17) is 4.74 Å². The number of aryl methyl sites for hydroxylation is 1. The highest BCUT2D eigenvalue weighted by molar-refractivity contribution is 8.00. The van der Waals surface area contributed by atoms with Crippen molar-refractivity contribution in [3.05, 3.63) is 55.8 Å². The highest BCUT2D eigenvalue weighted by Crippen LogP contribution is 2.40. The van der Waals surface area contributed by atoms with E-state index in [0.717, 1.165) is 16.0 Å². The third-order valence-corrected chi connectivity index (χ3v) is 7.90. The van der Waals surface area contributed by atoms with Crippen molar-refractivity contribution in [2.24, 2.45) is 0 Å². The maximum Gasteiger partial charge on any atom is 0.352 e. The fraction of sp³-hybridized carbons (Fsp3) is 0.429. The zero-order valence-electron chi connectivity index (χ0n) is 19.0. The monoisotopic (exact) mass is 537 g/mol. The number of carbonyl (C=O) groups excluding carboxylic acids is 2. The Labute approximate surface area is 212 Å². The molecular weight excluding hydrogens is 514 g/mol. The van der Waals surface area contributed by atoms with Crippen molar-refractivity contribution in [1.82, 2.24) is 19.8 Å². The van der Waals surface area contributed by atoms with Gasteiger partial charge < -0.3 is 30.4 Å². The van der Waals surface area contributed by atoms with Crippen LogP contribution < -0.4 is 5.32 Å². The van der Waals surface area contributed by atoms with E-state index in [2.05, 4.69) is 10.3 Å². The van der Waals surface area contributed by atoms with Crippen LogP contribution in [0.4, 0.5) is 5.82 Å². The van der Waals surface area contributed by atoms with Crippen molar-refractivity contribution in [3.63, 3.8) is 0 Å². The number of carbonyl (C=O) groups is 3. The minimum atomic E-state index is -1.29. The number of aromatic nitrogens is 2. The molecular formula is C21H23N5O8S2. The van der Waals surface area contributed by atoms with E-state index in [-0.39, 0.29) is 49.4 Å². The van der Waals surface area contributed by atoms with Gasteiger partial charge in [-0.05, 0) is 21.9 Å². The summed E-state index contributed by atoms with van der Waals surface area (Å²) in [6.07, 6.45) is 0.136. The summed E-state index contributed by atoms with van der Waals surface area (Å²) in [5.74, 6) is -1.75. The summed E-state index contributed by atoms with van der Waals surface area (Å²) >= 11 is 2.75. The van der Waals surface area contributed by atoms with Crippen LogP contribution in [0, 0.1) is 17.0 Å². The second kappa shape index (κ2) is 10.8. The molecule has 1 unspecified atom stereocenters. The number of amides is 2. The van der Waals surface area contributed by atoms with Crippen molar-refractivity contribution in [2.75, 3.05) is 19.0 Å². The molecule has 2 aliphatic heterocycles. The number of rotatable bonds is 11. The molecule has 13 nitrogen and oxygen atoms in total. The number of imidazole rings is 1. The topological polar surface area (TPSA) is 177 Å². The number of thiophene rings is 1. The van der Waals surface area contributed by atoms with Crippen LogP contribution in [0.25, 0.3) is 0 Å². The van der Waals surface area contributed by atoms with E-state index in [1.165, 1.54) is 27.7 Å². The van der Waals surface area contributed by atoms with Crippen molar-refractivity contribution in [2.45, 2.75) is 37.4 Å². The van der Waals surface area contributed by atoms with Crippen LogP contribution in [0.15, 0.2) is 35.0 Å². The molecule has 2 amide bonds. The van der Waals surface area contributed by atoms with Gasteiger partial charge in [-0.25, -0.2) is 14.3 Å². The Hall–Kier alpha value is -3.27. The molecule has 0 saturated carbocycles. The number of thioether (sulfide) groups is 1. The number of β-lactam (4-membered cyclic amide) rings is 1. The predicted molar refractivity (Wildman–Crippen MR) is 128 cm³/mol. The number of carboxylic acid groups (broad SMARTS) is 1. The number of hydrogen-bond acceptors (Lipinski definition) is 10. The van der Waals surface area contributed by atoms with Gasteiger partial charge in [0, 0.05) is 17.6 Å². The van der Waals surface area contributed by atoms with E-state index >= 15 is 0 Å². The highest BCUT2D eigenvalue weighted by Gasteiger charge is 2.54. The first-order chi connectivity index (χ1) is 17.2. The van der Waals surface area contributed by atoms with Crippen molar-refractivity contribution >= 4 is 46.7 Å². The Balaban J connectivity index is 1.34. The maximum absolute atomic E-state index is 12.7. The third-order valence-electron chi connectivity index (χ3n) is 5.68. The van der Waals surface area contributed by atoms with E-state index in [1.807, 2.05) is 17.5 Å². The number of nitro groups is 1. The highest BCUT2D eigenvalue weighted by atomic mass is 32.2. The number of hydrogen-bond donors (Lipinski definition) is 3. The third kappa shape index (κ3) is 5.28. The Kier molecular flexibility index (Phi) is 7.73. The molecule has 2 aliphatic rings. The second-order valence-electron chi connectivity index (χ2n) is 8.17. The van der Waals surface area contributed by atoms with Crippen LogP contribution in [0.5, 0.6) is 0 Å². The lowest BCUT2D eigenvalue weighted by Gasteiger charge is -2.49. The van der Waals surface area contributed by atoms with Gasteiger partial charge in [0.2, 0.25) is 5.91 Å². The van der Waals surface area contributed by atoms with Gasteiger partial charge in [0.15, 0.2) is 5.82 Å². The standard InChI is InChI=1S/C21H23N5O8S2/c1-11-22-6-16(26(32)33)24(11)7-13(27)9-34-8-12-10-36-20-17(19(29)25(20)18(12)21(30)31)23-15(28)5-14-3-2-4-35-14/h2-4,6,13,17,20,27H,5,7-10H2,1H3,(H,23,28)(H,30,31)/t13?,17-,20-/m1/s1. The average molecular weight is 538 g/mol. The van der Waals surface area contributed by atoms with Crippen molar-refractivity contribution in [3.8, 4) is 0 Å². The SMILES string of the molecule is Cc1ncc([N+](=O)[O-])n1CC(O)COCC1=C(C(=O)O)N2C(=O)[C@@H](NC(=O)Cc3cccs3)[C@H]2SC1. The van der Waals surface area contributed by atoms with Crippen molar-refractivity contribution < 1.29 is 34.3 Å². The molecule has 0 radical (unpaired) electrons. The number of fused-ring (bicyclic) bond motifs is 1. The van der Waals surface area contributed by atoms with Gasteiger partial charge in [0.25, 0.3) is 5.91 Å². The zero-order valence-corrected chi connectivity index (χ0v) is 20.7. The Morgan fingerprint density at radius 2 is 2.22 bits per heavy atom. The van der Waals surface area contributed by atoms with Crippen molar-refractivity contribution in [1.29, 1.82) is 0 Å². The van der Waals surface area contributed by atoms with Gasteiger partial charge in [-0.15, -0.1) is 23.1 Å². The number of aliphatic hydroxyl groups is 1. The second-order valence-corrected chi connectivity index (χ2v) is 10.3. The normalized spacial score (nSPS) is 20.1. The van der Waals surface area contributed by atoms with Gasteiger partial charge in [-0.3, -0.25) is 14.5 Å². The van der Waals surface area contributed by atoms with Gasteiger partial charge in [-0.1, -0.05) is 6.07 Å². The Morgan fingerprint density at radius 3 is 2.89 bits per heavy atom. The zero-order chi connectivity index (χ0) is 26.0. The summed E-state index contributed by atoms with van der Waals surface area (Å²) in [5.41, 5.74) is 0.167. The number of aliphatic hydroxyl groups excluding tert-OH is 1. The van der Waals surface area contributed by atoms with E-state index in [1.54, 1.807) is 6.92 Å². The number of ether oxygens (including phenoxy) is 1. The quantitative estimate of drug-likeness (QED) is 0.208. The fourth-order valence-corrected chi connectivity index (χ4v) is 6.03. The van der Waals surface area contributed by atoms with Crippen LogP contribution in [-0.2, 0) is 32.1 Å². The molecule has 192 valence electrons. The van der Waals surface area contributed by atoms with Gasteiger partial charge in [-0.2, -0.15) is 0 Å².